The van der Waals surface area contributed by atoms with Crippen molar-refractivity contribution in [2.24, 2.45) is 16.6 Å². The molecule has 3 heterocycles. The van der Waals surface area contributed by atoms with Crippen LogP contribution in [0.5, 0.6) is 5.75 Å². The van der Waals surface area contributed by atoms with Crippen molar-refractivity contribution in [2.45, 2.75) is 57.5 Å². The summed E-state index contributed by atoms with van der Waals surface area (Å²) in [5.74, 6) is -2.79. The molecule has 2 amide bonds. The molecule has 1 aromatic heterocycles. The topological polar surface area (TPSA) is 302 Å². The Labute approximate surface area is 291 Å². The van der Waals surface area contributed by atoms with Crippen molar-refractivity contribution in [1.82, 2.24) is 25.2 Å². The first-order chi connectivity index (χ1) is 23.5. The number of fused-ring (bicyclic) bond motifs is 1. The molecular formula is C28H40N10O10S2. The van der Waals surface area contributed by atoms with Crippen molar-refractivity contribution in [1.29, 1.82) is 5.41 Å². The fourth-order valence-electron chi connectivity index (χ4n) is 5.15. The van der Waals surface area contributed by atoms with Crippen LogP contribution in [0.1, 0.15) is 43.5 Å². The van der Waals surface area contributed by atoms with Gasteiger partial charge in [0.15, 0.2) is 16.8 Å². The number of hydrogen-bond acceptors (Lipinski definition) is 15. The molecule has 1 aromatic carbocycles. The SMILES string of the molecule is CC1(C)C(NC(=O)/C(=N\OC(COc2ccc3c(c2)CN(C(=N)N(CCCN)CCCN)C3)C(=O)O)c2csc(N)n2)C(=O)N1OS(=O)(=O)O. The number of nitrogen functional groups attached to an aromatic ring is 1. The van der Waals surface area contributed by atoms with E-state index in [9.17, 15) is 27.9 Å². The summed E-state index contributed by atoms with van der Waals surface area (Å²) >= 11 is 0.954. The third-order valence-electron chi connectivity index (χ3n) is 7.81. The minimum atomic E-state index is -5.03. The van der Waals surface area contributed by atoms with Gasteiger partial charge in [-0.3, -0.25) is 19.6 Å². The number of carbonyl (C=O) groups excluding carboxylic acids is 2. The van der Waals surface area contributed by atoms with Gasteiger partial charge in [0.05, 0.1) is 5.54 Å². The summed E-state index contributed by atoms with van der Waals surface area (Å²) < 4.78 is 41.2. The Balaban J connectivity index is 1.43. The predicted molar refractivity (Wildman–Crippen MR) is 179 cm³/mol. The molecule has 274 valence electrons. The quantitative estimate of drug-likeness (QED) is 0.0339. The van der Waals surface area contributed by atoms with Crippen LogP contribution in [0.25, 0.3) is 0 Å². The Hall–Kier alpha value is -4.61. The number of β-lactam (4-membered cyclic amide) rings is 1. The van der Waals surface area contributed by atoms with Crippen molar-refractivity contribution >= 4 is 56.3 Å². The van der Waals surface area contributed by atoms with Crippen molar-refractivity contribution in [3.05, 3.63) is 40.4 Å². The second-order valence-electron chi connectivity index (χ2n) is 11.8. The van der Waals surface area contributed by atoms with Gasteiger partial charge in [-0.2, -0.15) is 13.5 Å². The maximum Gasteiger partial charge on any atom is 0.418 e. The molecule has 2 atom stereocenters. The van der Waals surface area contributed by atoms with E-state index in [-0.39, 0.29) is 10.8 Å². The number of ether oxygens (including phenoxy) is 1. The van der Waals surface area contributed by atoms with Gasteiger partial charge in [-0.05, 0) is 63.0 Å². The number of benzene rings is 1. The molecule has 0 radical (unpaired) electrons. The molecular weight excluding hydrogens is 701 g/mol. The summed E-state index contributed by atoms with van der Waals surface area (Å²) in [6.45, 7) is 5.42. The number of anilines is 1. The van der Waals surface area contributed by atoms with Crippen LogP contribution in [0, 0.1) is 5.41 Å². The van der Waals surface area contributed by atoms with Crippen molar-refractivity contribution in [3.8, 4) is 5.75 Å². The normalized spacial score (nSPS) is 17.5. The van der Waals surface area contributed by atoms with Gasteiger partial charge >= 0.3 is 16.4 Å². The number of aliphatic carboxylic acids is 1. The maximum atomic E-state index is 13.3. The van der Waals surface area contributed by atoms with E-state index >= 15 is 0 Å². The molecule has 0 saturated carbocycles. The summed E-state index contributed by atoms with van der Waals surface area (Å²) in [7, 11) is -5.03. The Kier molecular flexibility index (Phi) is 12.2. The lowest BCUT2D eigenvalue weighted by Crippen LogP contribution is -2.76. The molecule has 2 aliphatic rings. The highest BCUT2D eigenvalue weighted by atomic mass is 32.3. The van der Waals surface area contributed by atoms with Gasteiger partial charge in [-0.25, -0.2) is 9.78 Å². The fraction of sp³-hybridized carbons (Fsp3) is 0.500. The van der Waals surface area contributed by atoms with Gasteiger partial charge in [0.25, 0.3) is 17.9 Å². The fourth-order valence-corrected chi connectivity index (χ4v) is 6.16. The summed E-state index contributed by atoms with van der Waals surface area (Å²) in [5.41, 5.74) is 16.9. The number of nitrogens with two attached hydrogens (primary N) is 3. The molecule has 1 fully saturated rings. The Morgan fingerprint density at radius 1 is 1.22 bits per heavy atom. The molecule has 0 spiro atoms. The number of carbonyl (C=O) groups is 3. The molecule has 2 unspecified atom stereocenters. The van der Waals surface area contributed by atoms with E-state index in [1.54, 1.807) is 12.1 Å². The van der Waals surface area contributed by atoms with E-state index in [2.05, 4.69) is 19.7 Å². The van der Waals surface area contributed by atoms with Gasteiger partial charge in [-0.1, -0.05) is 11.2 Å². The average Bonchev–Trinajstić information content (AvgIpc) is 3.68. The number of oxime groups is 1. The monoisotopic (exact) mass is 740 g/mol. The molecule has 2 aromatic rings. The van der Waals surface area contributed by atoms with Crippen LogP contribution in [-0.2, 0) is 47.0 Å². The van der Waals surface area contributed by atoms with E-state index in [1.165, 1.54) is 19.2 Å². The first kappa shape index (κ1) is 38.2. The van der Waals surface area contributed by atoms with E-state index < -0.39 is 58.2 Å². The lowest BCUT2D eigenvalue weighted by molar-refractivity contribution is -0.218. The summed E-state index contributed by atoms with van der Waals surface area (Å²) in [5, 5.41) is 26.5. The number of amides is 2. The van der Waals surface area contributed by atoms with Crippen molar-refractivity contribution in [3.63, 3.8) is 0 Å². The first-order valence-electron chi connectivity index (χ1n) is 15.3. The second kappa shape index (κ2) is 15.9. The lowest BCUT2D eigenvalue weighted by atomic mass is 9.84. The minimum absolute atomic E-state index is 0.0514. The van der Waals surface area contributed by atoms with Crippen LogP contribution in [0.2, 0.25) is 0 Å². The number of aromatic nitrogens is 1. The Morgan fingerprint density at radius 3 is 2.44 bits per heavy atom. The highest BCUT2D eigenvalue weighted by Gasteiger charge is 2.58. The van der Waals surface area contributed by atoms with E-state index in [4.69, 9.17) is 36.7 Å². The zero-order chi connectivity index (χ0) is 36.8. The molecule has 0 bridgehead atoms. The third kappa shape index (κ3) is 9.13. The Morgan fingerprint density at radius 2 is 1.88 bits per heavy atom. The number of rotatable bonds is 17. The summed E-state index contributed by atoms with van der Waals surface area (Å²) in [6, 6.07) is 3.91. The summed E-state index contributed by atoms with van der Waals surface area (Å²) in [4.78, 5) is 51.0. The molecule has 4 rings (SSSR count). The van der Waals surface area contributed by atoms with Crippen LogP contribution >= 0.6 is 11.3 Å². The number of hydrogen-bond donors (Lipinski definition) is 7. The number of carboxylic acid groups (broad SMARTS) is 1. The van der Waals surface area contributed by atoms with Crippen LogP contribution in [0.15, 0.2) is 28.7 Å². The Bertz CT molecular complexity index is 1730. The molecule has 0 aliphatic carbocycles. The van der Waals surface area contributed by atoms with Crippen LogP contribution < -0.4 is 27.3 Å². The molecule has 2 aliphatic heterocycles. The number of thiazole rings is 1. The van der Waals surface area contributed by atoms with E-state index in [1.807, 2.05) is 15.9 Å². The number of nitrogens with zero attached hydrogens (tertiary/aromatic N) is 5. The maximum absolute atomic E-state index is 13.3. The van der Waals surface area contributed by atoms with Gasteiger partial charge in [-0.15, -0.1) is 15.6 Å². The molecule has 10 N–H and O–H groups in total. The molecule has 22 heteroatoms. The van der Waals surface area contributed by atoms with Crippen molar-refractivity contribution < 1.29 is 46.3 Å². The molecule has 20 nitrogen and oxygen atoms in total. The smallest absolute Gasteiger partial charge is 0.418 e. The third-order valence-corrected chi connectivity index (χ3v) is 8.82. The van der Waals surface area contributed by atoms with Gasteiger partial charge in [0, 0.05) is 31.6 Å². The number of guanidine groups is 1. The van der Waals surface area contributed by atoms with Crippen LogP contribution in [-0.4, -0.2) is 118 Å². The average molecular weight is 741 g/mol. The number of carboxylic acids is 1. The van der Waals surface area contributed by atoms with Gasteiger partial charge in [0.2, 0.25) is 0 Å². The molecule has 50 heavy (non-hydrogen) atoms. The first-order valence-corrected chi connectivity index (χ1v) is 17.5. The highest BCUT2D eigenvalue weighted by molar-refractivity contribution is 7.80. The molecule has 1 saturated heterocycles. The van der Waals surface area contributed by atoms with Crippen LogP contribution in [0.3, 0.4) is 0 Å². The van der Waals surface area contributed by atoms with E-state index in [0.29, 0.717) is 56.0 Å². The van der Waals surface area contributed by atoms with Gasteiger partial charge in [0.1, 0.15) is 24.1 Å². The van der Waals surface area contributed by atoms with Crippen LogP contribution in [0.4, 0.5) is 5.13 Å². The zero-order valence-corrected chi connectivity index (χ0v) is 28.9. The standard InChI is InChI=1S/C28H40N10O10S2/c1-28(2)22(24(40)38(28)48-50(43,44)45)34-23(39)21(19-15-49-26(31)33-19)35-47-20(25(41)42)14-46-18-6-5-16-12-37(13-17(16)11-18)27(32)36(9-3-7-29)10-4-8-30/h5-6,11,15,20,22,32H,3-4,7-10,12-14,29-30H2,1-2H3,(H2,31,33)(H,34,39)(H,41,42)(H,43,44,45)/b32-27?,35-21-. The van der Waals surface area contributed by atoms with Gasteiger partial charge < -0.3 is 47.0 Å². The summed E-state index contributed by atoms with van der Waals surface area (Å²) in [6.07, 6.45) is -0.233. The second-order valence-corrected chi connectivity index (χ2v) is 13.7. The zero-order valence-electron chi connectivity index (χ0n) is 27.3. The predicted octanol–water partition coefficient (Wildman–Crippen LogP) is -0.932. The lowest BCUT2D eigenvalue weighted by Gasteiger charge is -2.50. The number of nitrogens with one attached hydrogen (secondary N) is 2. The van der Waals surface area contributed by atoms with E-state index in [0.717, 1.165) is 35.3 Å². The minimum Gasteiger partial charge on any atom is -0.489 e. The number of hydroxylamine groups is 2. The van der Waals surface area contributed by atoms with Crippen molar-refractivity contribution in [2.75, 3.05) is 38.5 Å². The highest BCUT2D eigenvalue weighted by Crippen LogP contribution is 2.33. The largest absolute Gasteiger partial charge is 0.489 e.